The molecule has 4 unspecified atom stereocenters. The Morgan fingerprint density at radius 3 is 2.76 bits per heavy atom. The summed E-state index contributed by atoms with van der Waals surface area (Å²) >= 11 is 5.93. The monoisotopic (exact) mass is 259 g/mol. The third-order valence-corrected chi connectivity index (χ3v) is 4.60. The molecule has 1 aliphatic heterocycles. The molecule has 0 aromatic carbocycles. The average Bonchev–Trinajstić information content (AvgIpc) is 2.94. The Kier molecular flexibility index (Phi) is 4.69. The minimum Gasteiger partial charge on any atom is -0.368 e. The van der Waals surface area contributed by atoms with E-state index in [1.54, 1.807) is 0 Å². The van der Waals surface area contributed by atoms with Crippen LogP contribution in [0.3, 0.4) is 0 Å². The summed E-state index contributed by atoms with van der Waals surface area (Å²) in [5.74, 6) is 2.28. The first kappa shape index (κ1) is 13.2. The first-order valence-electron chi connectivity index (χ1n) is 6.67. The summed E-state index contributed by atoms with van der Waals surface area (Å²) in [5, 5.41) is 3.04. The lowest BCUT2D eigenvalue weighted by atomic mass is 9.97. The zero-order valence-electron chi connectivity index (χ0n) is 10.5. The van der Waals surface area contributed by atoms with Crippen LogP contribution in [0.15, 0.2) is 0 Å². The maximum absolute atomic E-state index is 11.9. The highest BCUT2D eigenvalue weighted by Gasteiger charge is 2.32. The van der Waals surface area contributed by atoms with Crippen molar-refractivity contribution < 1.29 is 9.53 Å². The lowest BCUT2D eigenvalue weighted by Gasteiger charge is -2.20. The molecule has 0 spiro atoms. The second-order valence-electron chi connectivity index (χ2n) is 5.41. The Labute approximate surface area is 108 Å². The fourth-order valence-electron chi connectivity index (χ4n) is 2.95. The SMILES string of the molecule is CC1CCOC1C(=O)NCC1CCCC1CCl. The van der Waals surface area contributed by atoms with Crippen LogP contribution in [-0.4, -0.2) is 31.0 Å². The van der Waals surface area contributed by atoms with Gasteiger partial charge in [-0.2, -0.15) is 0 Å². The molecule has 2 fully saturated rings. The summed E-state index contributed by atoms with van der Waals surface area (Å²) in [7, 11) is 0. The Hall–Kier alpha value is -0.280. The molecule has 0 radical (unpaired) electrons. The molecule has 1 N–H and O–H groups in total. The van der Waals surface area contributed by atoms with Gasteiger partial charge in [-0.25, -0.2) is 0 Å². The Morgan fingerprint density at radius 1 is 1.35 bits per heavy atom. The average molecular weight is 260 g/mol. The summed E-state index contributed by atoms with van der Waals surface area (Å²) in [6.45, 7) is 3.56. The van der Waals surface area contributed by atoms with Gasteiger partial charge in [-0.05, 0) is 37.0 Å². The molecule has 0 aromatic heterocycles. The number of hydrogen-bond acceptors (Lipinski definition) is 2. The number of amides is 1. The zero-order chi connectivity index (χ0) is 12.3. The summed E-state index contributed by atoms with van der Waals surface area (Å²) in [6, 6.07) is 0. The normalized spacial score (nSPS) is 37.3. The number of ether oxygens (including phenoxy) is 1. The third kappa shape index (κ3) is 3.14. The van der Waals surface area contributed by atoms with Crippen LogP contribution in [0.4, 0.5) is 0 Å². The summed E-state index contributed by atoms with van der Waals surface area (Å²) < 4.78 is 5.46. The number of halogens is 1. The molecule has 3 nitrogen and oxygen atoms in total. The second kappa shape index (κ2) is 6.05. The lowest BCUT2D eigenvalue weighted by molar-refractivity contribution is -0.131. The van der Waals surface area contributed by atoms with Gasteiger partial charge in [0.05, 0.1) is 0 Å². The van der Waals surface area contributed by atoms with Crippen molar-refractivity contribution >= 4 is 17.5 Å². The summed E-state index contributed by atoms with van der Waals surface area (Å²) in [6.07, 6.45) is 4.41. The van der Waals surface area contributed by atoms with Gasteiger partial charge in [0.1, 0.15) is 6.10 Å². The highest BCUT2D eigenvalue weighted by atomic mass is 35.5. The van der Waals surface area contributed by atoms with E-state index >= 15 is 0 Å². The minimum atomic E-state index is -0.231. The van der Waals surface area contributed by atoms with E-state index in [2.05, 4.69) is 12.2 Å². The second-order valence-corrected chi connectivity index (χ2v) is 5.72. The maximum Gasteiger partial charge on any atom is 0.249 e. The van der Waals surface area contributed by atoms with Crippen molar-refractivity contribution in [1.82, 2.24) is 5.32 Å². The standard InChI is InChI=1S/C13H22ClNO2/c1-9-5-6-17-12(9)13(16)15-8-11-4-2-3-10(11)7-14/h9-12H,2-8H2,1H3,(H,15,16). The van der Waals surface area contributed by atoms with Gasteiger partial charge in [0, 0.05) is 19.0 Å². The lowest BCUT2D eigenvalue weighted by Crippen LogP contribution is -2.40. The number of carbonyl (C=O) groups is 1. The fraction of sp³-hybridized carbons (Fsp3) is 0.923. The van der Waals surface area contributed by atoms with Crippen LogP contribution in [-0.2, 0) is 9.53 Å². The zero-order valence-corrected chi connectivity index (χ0v) is 11.2. The van der Waals surface area contributed by atoms with Gasteiger partial charge >= 0.3 is 0 Å². The predicted octanol–water partition coefficient (Wildman–Crippen LogP) is 2.18. The van der Waals surface area contributed by atoms with E-state index in [4.69, 9.17) is 16.3 Å². The molecular weight excluding hydrogens is 238 g/mol. The molecular formula is C13H22ClNO2. The van der Waals surface area contributed by atoms with Gasteiger partial charge in [-0.1, -0.05) is 13.3 Å². The van der Waals surface area contributed by atoms with Gasteiger partial charge in [0.2, 0.25) is 5.91 Å². The van der Waals surface area contributed by atoms with Gasteiger partial charge < -0.3 is 10.1 Å². The highest BCUT2D eigenvalue weighted by Crippen LogP contribution is 2.32. The van der Waals surface area contributed by atoms with Crippen LogP contribution in [0.5, 0.6) is 0 Å². The van der Waals surface area contributed by atoms with E-state index in [1.165, 1.54) is 19.3 Å². The van der Waals surface area contributed by atoms with Gasteiger partial charge in [0.15, 0.2) is 0 Å². The molecule has 2 rings (SSSR count). The molecule has 4 atom stereocenters. The van der Waals surface area contributed by atoms with Gasteiger partial charge in [-0.3, -0.25) is 4.79 Å². The molecule has 1 aliphatic carbocycles. The van der Waals surface area contributed by atoms with Crippen molar-refractivity contribution in [2.45, 2.75) is 38.7 Å². The first-order valence-corrected chi connectivity index (χ1v) is 7.21. The van der Waals surface area contributed by atoms with E-state index in [9.17, 15) is 4.79 Å². The van der Waals surface area contributed by atoms with Crippen molar-refractivity contribution in [3.8, 4) is 0 Å². The van der Waals surface area contributed by atoms with E-state index < -0.39 is 0 Å². The molecule has 1 saturated heterocycles. The molecule has 1 saturated carbocycles. The van der Waals surface area contributed by atoms with Crippen LogP contribution in [0, 0.1) is 17.8 Å². The molecule has 2 aliphatic rings. The van der Waals surface area contributed by atoms with Crippen LogP contribution in [0.25, 0.3) is 0 Å². The van der Waals surface area contributed by atoms with Gasteiger partial charge in [-0.15, -0.1) is 11.6 Å². The van der Waals surface area contributed by atoms with Crippen LogP contribution in [0.2, 0.25) is 0 Å². The highest BCUT2D eigenvalue weighted by molar-refractivity contribution is 6.18. The molecule has 1 heterocycles. The quantitative estimate of drug-likeness (QED) is 0.786. The van der Waals surface area contributed by atoms with Crippen molar-refractivity contribution in [2.75, 3.05) is 19.0 Å². The number of hydrogen-bond donors (Lipinski definition) is 1. The largest absolute Gasteiger partial charge is 0.368 e. The van der Waals surface area contributed by atoms with Gasteiger partial charge in [0.25, 0.3) is 0 Å². The third-order valence-electron chi connectivity index (χ3n) is 4.20. The van der Waals surface area contributed by atoms with E-state index in [-0.39, 0.29) is 12.0 Å². The van der Waals surface area contributed by atoms with Crippen LogP contribution in [0.1, 0.15) is 32.6 Å². The smallest absolute Gasteiger partial charge is 0.249 e. The minimum absolute atomic E-state index is 0.0650. The molecule has 1 amide bonds. The summed E-state index contributed by atoms with van der Waals surface area (Å²) in [4.78, 5) is 11.9. The van der Waals surface area contributed by atoms with Crippen molar-refractivity contribution in [2.24, 2.45) is 17.8 Å². The number of carbonyl (C=O) groups excluding carboxylic acids is 1. The predicted molar refractivity (Wildman–Crippen MR) is 68.1 cm³/mol. The molecule has 4 heteroatoms. The molecule has 0 aromatic rings. The first-order chi connectivity index (χ1) is 8.22. The molecule has 17 heavy (non-hydrogen) atoms. The van der Waals surface area contributed by atoms with E-state index in [1.807, 2.05) is 0 Å². The van der Waals surface area contributed by atoms with Crippen molar-refractivity contribution in [3.63, 3.8) is 0 Å². The Balaban J connectivity index is 1.76. The summed E-state index contributed by atoms with van der Waals surface area (Å²) in [5.41, 5.74) is 0. The maximum atomic E-state index is 11.9. The Morgan fingerprint density at radius 2 is 2.12 bits per heavy atom. The number of nitrogens with one attached hydrogen (secondary N) is 1. The number of rotatable bonds is 4. The van der Waals surface area contributed by atoms with Crippen molar-refractivity contribution in [1.29, 1.82) is 0 Å². The van der Waals surface area contributed by atoms with Crippen LogP contribution < -0.4 is 5.32 Å². The fourth-order valence-corrected chi connectivity index (χ4v) is 3.35. The molecule has 0 bridgehead atoms. The van der Waals surface area contributed by atoms with E-state index in [0.29, 0.717) is 24.4 Å². The van der Waals surface area contributed by atoms with Crippen molar-refractivity contribution in [3.05, 3.63) is 0 Å². The van der Waals surface area contributed by atoms with Crippen LogP contribution >= 0.6 is 11.6 Å². The molecule has 98 valence electrons. The topological polar surface area (TPSA) is 38.3 Å². The van der Waals surface area contributed by atoms with E-state index in [0.717, 1.165) is 18.8 Å². The number of alkyl halides is 1. The Bertz CT molecular complexity index is 272.